The van der Waals surface area contributed by atoms with Crippen molar-refractivity contribution in [1.29, 1.82) is 0 Å². The molecular formula is C23H22N6O. The SMILES string of the molecule is CCn1nnc2cc(C(=O)NC3CCc4nc(-c5ccccc5)ncc4C3)ccc21. The second-order valence-corrected chi connectivity index (χ2v) is 7.55. The number of nitrogens with zero attached hydrogens (tertiary/aromatic N) is 5. The summed E-state index contributed by atoms with van der Waals surface area (Å²) in [5.41, 5.74) is 5.48. The summed E-state index contributed by atoms with van der Waals surface area (Å²) in [4.78, 5) is 22.1. The van der Waals surface area contributed by atoms with Crippen LogP contribution in [0, 0.1) is 0 Å². The van der Waals surface area contributed by atoms with E-state index < -0.39 is 0 Å². The number of carbonyl (C=O) groups excluding carboxylic acids is 1. The maximum atomic E-state index is 12.8. The molecule has 0 saturated heterocycles. The maximum absolute atomic E-state index is 12.8. The Morgan fingerprint density at radius 1 is 1.20 bits per heavy atom. The summed E-state index contributed by atoms with van der Waals surface area (Å²) in [6.45, 7) is 2.76. The Hall–Kier alpha value is -3.61. The van der Waals surface area contributed by atoms with Crippen molar-refractivity contribution in [3.8, 4) is 11.4 Å². The summed E-state index contributed by atoms with van der Waals surface area (Å²) in [7, 11) is 0. The highest BCUT2D eigenvalue weighted by Crippen LogP contribution is 2.23. The number of hydrogen-bond acceptors (Lipinski definition) is 5. The third-order valence-corrected chi connectivity index (χ3v) is 5.59. The molecule has 0 saturated carbocycles. The van der Waals surface area contributed by atoms with E-state index in [9.17, 15) is 4.79 Å². The Labute approximate surface area is 174 Å². The zero-order valence-electron chi connectivity index (χ0n) is 16.7. The van der Waals surface area contributed by atoms with Crippen LogP contribution >= 0.6 is 0 Å². The van der Waals surface area contributed by atoms with Crippen molar-refractivity contribution in [3.63, 3.8) is 0 Å². The lowest BCUT2D eigenvalue weighted by molar-refractivity contribution is 0.0933. The van der Waals surface area contributed by atoms with Crippen LogP contribution in [-0.2, 0) is 19.4 Å². The lowest BCUT2D eigenvalue weighted by Gasteiger charge is -2.25. The van der Waals surface area contributed by atoms with Crippen LogP contribution < -0.4 is 5.32 Å². The molecule has 0 aliphatic heterocycles. The Kier molecular flexibility index (Phi) is 4.71. The zero-order chi connectivity index (χ0) is 20.5. The second-order valence-electron chi connectivity index (χ2n) is 7.55. The third-order valence-electron chi connectivity index (χ3n) is 5.59. The van der Waals surface area contributed by atoms with Gasteiger partial charge in [-0.2, -0.15) is 0 Å². The molecular weight excluding hydrogens is 376 g/mol. The summed E-state index contributed by atoms with van der Waals surface area (Å²) >= 11 is 0. The van der Waals surface area contributed by atoms with Crippen molar-refractivity contribution in [1.82, 2.24) is 30.3 Å². The minimum absolute atomic E-state index is 0.0678. The van der Waals surface area contributed by atoms with Crippen molar-refractivity contribution in [2.45, 2.75) is 38.8 Å². The van der Waals surface area contributed by atoms with E-state index in [1.165, 1.54) is 0 Å². The van der Waals surface area contributed by atoms with Crippen molar-refractivity contribution in [2.75, 3.05) is 0 Å². The van der Waals surface area contributed by atoms with Crippen LogP contribution in [0.15, 0.2) is 54.7 Å². The molecule has 7 nitrogen and oxygen atoms in total. The summed E-state index contributed by atoms with van der Waals surface area (Å²) in [5.74, 6) is 0.670. The summed E-state index contributed by atoms with van der Waals surface area (Å²) in [6.07, 6.45) is 4.33. The van der Waals surface area contributed by atoms with Gasteiger partial charge in [-0.25, -0.2) is 14.6 Å². The molecule has 0 radical (unpaired) electrons. The average molecular weight is 398 g/mol. The predicted molar refractivity (Wildman–Crippen MR) is 114 cm³/mol. The van der Waals surface area contributed by atoms with E-state index >= 15 is 0 Å². The van der Waals surface area contributed by atoms with E-state index in [0.717, 1.165) is 59.5 Å². The fourth-order valence-corrected chi connectivity index (χ4v) is 3.97. The van der Waals surface area contributed by atoms with Crippen LogP contribution in [0.5, 0.6) is 0 Å². The number of benzene rings is 2. The molecule has 1 atom stereocenters. The number of hydrogen-bond donors (Lipinski definition) is 1. The predicted octanol–water partition coefficient (Wildman–Crippen LogP) is 3.20. The number of rotatable bonds is 4. The van der Waals surface area contributed by atoms with Gasteiger partial charge in [0.05, 0.1) is 5.52 Å². The van der Waals surface area contributed by atoms with Gasteiger partial charge < -0.3 is 5.32 Å². The summed E-state index contributed by atoms with van der Waals surface area (Å²) in [5, 5.41) is 11.4. The molecule has 5 rings (SSSR count). The molecule has 1 amide bonds. The van der Waals surface area contributed by atoms with Gasteiger partial charge in [-0.3, -0.25) is 4.79 Å². The van der Waals surface area contributed by atoms with Gasteiger partial charge in [0, 0.05) is 35.6 Å². The van der Waals surface area contributed by atoms with Gasteiger partial charge in [-0.1, -0.05) is 35.5 Å². The maximum Gasteiger partial charge on any atom is 0.251 e. The van der Waals surface area contributed by atoms with Crippen LogP contribution in [0.3, 0.4) is 0 Å². The van der Waals surface area contributed by atoms with Crippen LogP contribution in [0.4, 0.5) is 0 Å². The monoisotopic (exact) mass is 398 g/mol. The number of fused-ring (bicyclic) bond motifs is 2. The minimum Gasteiger partial charge on any atom is -0.349 e. The van der Waals surface area contributed by atoms with Gasteiger partial charge in [0.2, 0.25) is 0 Å². The molecule has 0 fully saturated rings. The molecule has 2 aromatic heterocycles. The molecule has 30 heavy (non-hydrogen) atoms. The highest BCUT2D eigenvalue weighted by molar-refractivity contribution is 5.97. The van der Waals surface area contributed by atoms with Gasteiger partial charge in [0.15, 0.2) is 5.82 Å². The van der Waals surface area contributed by atoms with Crippen LogP contribution in [0.2, 0.25) is 0 Å². The molecule has 2 aromatic carbocycles. The lowest BCUT2D eigenvalue weighted by Crippen LogP contribution is -2.39. The molecule has 4 aromatic rings. The smallest absolute Gasteiger partial charge is 0.251 e. The summed E-state index contributed by atoms with van der Waals surface area (Å²) in [6, 6.07) is 15.6. The largest absolute Gasteiger partial charge is 0.349 e. The van der Waals surface area contributed by atoms with E-state index in [-0.39, 0.29) is 11.9 Å². The first-order chi connectivity index (χ1) is 14.7. The first kappa shape index (κ1) is 18.4. The van der Waals surface area contributed by atoms with Gasteiger partial charge in [0.1, 0.15) is 5.52 Å². The van der Waals surface area contributed by atoms with Crippen molar-refractivity contribution in [3.05, 3.63) is 71.5 Å². The lowest BCUT2D eigenvalue weighted by atomic mass is 9.92. The van der Waals surface area contributed by atoms with Crippen LogP contribution in [-0.4, -0.2) is 36.9 Å². The van der Waals surface area contributed by atoms with E-state index in [2.05, 4.69) is 20.6 Å². The van der Waals surface area contributed by atoms with Crippen LogP contribution in [0.1, 0.15) is 35.0 Å². The summed E-state index contributed by atoms with van der Waals surface area (Å²) < 4.78 is 1.82. The molecule has 7 heteroatoms. The molecule has 150 valence electrons. The van der Waals surface area contributed by atoms with Crippen molar-refractivity contribution >= 4 is 16.9 Å². The Bertz CT molecular complexity index is 1220. The van der Waals surface area contributed by atoms with Gasteiger partial charge >= 0.3 is 0 Å². The molecule has 1 aliphatic rings. The third kappa shape index (κ3) is 3.43. The molecule has 2 heterocycles. The number of aryl methyl sites for hydroxylation is 2. The van der Waals surface area contributed by atoms with Crippen molar-refractivity contribution < 1.29 is 4.79 Å². The quantitative estimate of drug-likeness (QED) is 0.571. The zero-order valence-corrected chi connectivity index (χ0v) is 16.7. The molecule has 1 aliphatic carbocycles. The van der Waals surface area contributed by atoms with Gasteiger partial charge in [0.25, 0.3) is 5.91 Å². The van der Waals surface area contributed by atoms with Gasteiger partial charge in [-0.15, -0.1) is 5.10 Å². The first-order valence-corrected chi connectivity index (χ1v) is 10.3. The fraction of sp³-hybridized carbons (Fsp3) is 0.261. The van der Waals surface area contributed by atoms with E-state index in [0.29, 0.717) is 5.56 Å². The average Bonchev–Trinajstić information content (AvgIpc) is 3.21. The Morgan fingerprint density at radius 3 is 2.90 bits per heavy atom. The topological polar surface area (TPSA) is 85.6 Å². The number of carbonyl (C=O) groups is 1. The number of nitrogens with one attached hydrogen (secondary N) is 1. The first-order valence-electron chi connectivity index (χ1n) is 10.3. The Balaban J connectivity index is 1.30. The molecule has 0 bridgehead atoms. The minimum atomic E-state index is -0.0850. The number of amides is 1. The molecule has 1 N–H and O–H groups in total. The second kappa shape index (κ2) is 7.67. The molecule has 0 spiro atoms. The van der Waals surface area contributed by atoms with E-state index in [4.69, 9.17) is 4.98 Å². The highest BCUT2D eigenvalue weighted by Gasteiger charge is 2.23. The van der Waals surface area contributed by atoms with Gasteiger partial charge in [-0.05, 0) is 49.9 Å². The number of aromatic nitrogens is 5. The standard InChI is InChI=1S/C23H22N6O/c1-2-29-21-11-8-16(13-20(21)27-28-29)23(30)25-18-9-10-19-17(12-18)14-24-22(26-19)15-6-4-3-5-7-15/h3-8,11,13-14,18H,2,9-10,12H2,1H3,(H,25,30). The highest BCUT2D eigenvalue weighted by atomic mass is 16.1. The van der Waals surface area contributed by atoms with Crippen molar-refractivity contribution in [2.24, 2.45) is 0 Å². The van der Waals surface area contributed by atoms with Crippen LogP contribution in [0.25, 0.3) is 22.4 Å². The fourth-order valence-electron chi connectivity index (χ4n) is 3.97. The normalized spacial score (nSPS) is 15.7. The van der Waals surface area contributed by atoms with E-state index in [1.807, 2.05) is 60.3 Å². The Morgan fingerprint density at radius 2 is 2.07 bits per heavy atom. The molecule has 1 unspecified atom stereocenters. The van der Waals surface area contributed by atoms with E-state index in [1.54, 1.807) is 6.07 Å².